The molecule has 0 radical (unpaired) electrons. The Morgan fingerprint density at radius 1 is 1.11 bits per heavy atom. The molecular weight excluding hydrogens is 463 g/mol. The van der Waals surface area contributed by atoms with Gasteiger partial charge in [-0.3, -0.25) is 19.5 Å². The van der Waals surface area contributed by atoms with E-state index in [9.17, 15) is 18.8 Å². The maximum atomic E-state index is 14.4. The number of urea groups is 1. The van der Waals surface area contributed by atoms with Gasteiger partial charge in [0.25, 0.3) is 5.91 Å². The van der Waals surface area contributed by atoms with E-state index in [0.717, 1.165) is 10.5 Å². The summed E-state index contributed by atoms with van der Waals surface area (Å²) in [5.74, 6) is -1.66. The maximum absolute atomic E-state index is 14.4. The molecule has 9 heteroatoms. The lowest BCUT2D eigenvalue weighted by Gasteiger charge is -2.27. The minimum Gasteiger partial charge on any atom is -0.465 e. The standard InChI is InChI=1S/C27H25FN4O4/c1-3-36-24(33)16-32(25-26(34)31-23-11-7-4-8-18(23)15-29-25)27(35)30-20-13-17(2)12-19(14-20)21-9-5-6-10-22(21)28/h4-15,25H,3,16H2,1-2H3,(H,30,35)(H,31,34). The molecule has 0 aromatic heterocycles. The number of carbonyl (C=O) groups is 3. The number of amides is 3. The summed E-state index contributed by atoms with van der Waals surface area (Å²) in [6.45, 7) is 3.07. The lowest BCUT2D eigenvalue weighted by molar-refractivity contribution is -0.144. The van der Waals surface area contributed by atoms with E-state index in [0.29, 0.717) is 28.1 Å². The number of nitrogens with zero attached hydrogens (tertiary/aromatic N) is 2. The van der Waals surface area contributed by atoms with Gasteiger partial charge in [0.05, 0.1) is 6.61 Å². The van der Waals surface area contributed by atoms with Gasteiger partial charge in [0.2, 0.25) is 6.17 Å². The van der Waals surface area contributed by atoms with Gasteiger partial charge >= 0.3 is 12.0 Å². The summed E-state index contributed by atoms with van der Waals surface area (Å²) < 4.78 is 19.4. The number of para-hydroxylation sites is 1. The van der Waals surface area contributed by atoms with Crippen molar-refractivity contribution in [3.05, 3.63) is 83.7 Å². The first-order valence-corrected chi connectivity index (χ1v) is 11.4. The number of aryl methyl sites for hydroxylation is 1. The van der Waals surface area contributed by atoms with Gasteiger partial charge in [-0.15, -0.1) is 0 Å². The Morgan fingerprint density at radius 2 is 1.86 bits per heavy atom. The molecule has 36 heavy (non-hydrogen) atoms. The van der Waals surface area contributed by atoms with Crippen molar-refractivity contribution in [2.75, 3.05) is 23.8 Å². The number of ether oxygens (including phenoxy) is 1. The molecule has 0 saturated carbocycles. The van der Waals surface area contributed by atoms with E-state index in [2.05, 4.69) is 15.6 Å². The lowest BCUT2D eigenvalue weighted by Crippen LogP contribution is -2.50. The van der Waals surface area contributed by atoms with Crippen LogP contribution < -0.4 is 10.6 Å². The van der Waals surface area contributed by atoms with Crippen LogP contribution in [0.3, 0.4) is 0 Å². The number of carbonyl (C=O) groups excluding carboxylic acids is 3. The SMILES string of the molecule is CCOC(=O)CN(C(=O)Nc1cc(C)cc(-c2ccccc2F)c1)C1N=Cc2ccccc2NC1=O. The van der Waals surface area contributed by atoms with Crippen LogP contribution in [0.4, 0.5) is 20.6 Å². The van der Waals surface area contributed by atoms with E-state index < -0.39 is 36.4 Å². The predicted octanol–water partition coefficient (Wildman–Crippen LogP) is 4.60. The summed E-state index contributed by atoms with van der Waals surface area (Å²) in [6, 6.07) is 17.8. The van der Waals surface area contributed by atoms with Crippen LogP contribution in [-0.2, 0) is 14.3 Å². The number of benzene rings is 3. The molecule has 1 heterocycles. The normalized spacial score (nSPS) is 14.3. The number of halogens is 1. The minimum atomic E-state index is -1.32. The molecule has 0 spiro atoms. The molecule has 0 saturated heterocycles. The molecule has 184 valence electrons. The molecule has 0 fully saturated rings. The summed E-state index contributed by atoms with van der Waals surface area (Å²) in [5, 5.41) is 5.47. The van der Waals surface area contributed by atoms with Crippen molar-refractivity contribution in [3.8, 4) is 11.1 Å². The number of hydrogen-bond acceptors (Lipinski definition) is 5. The monoisotopic (exact) mass is 488 g/mol. The molecule has 0 aliphatic carbocycles. The first-order chi connectivity index (χ1) is 17.4. The third kappa shape index (κ3) is 5.57. The van der Waals surface area contributed by atoms with E-state index >= 15 is 0 Å². The second-order valence-electron chi connectivity index (χ2n) is 8.16. The summed E-state index contributed by atoms with van der Waals surface area (Å²) in [5.41, 5.74) is 3.31. The highest BCUT2D eigenvalue weighted by Crippen LogP contribution is 2.27. The van der Waals surface area contributed by atoms with Gasteiger partial charge in [-0.1, -0.05) is 42.5 Å². The average molecular weight is 489 g/mol. The highest BCUT2D eigenvalue weighted by molar-refractivity contribution is 6.05. The van der Waals surface area contributed by atoms with Crippen LogP contribution in [0.15, 0.2) is 71.7 Å². The smallest absolute Gasteiger partial charge is 0.325 e. The van der Waals surface area contributed by atoms with Crippen molar-refractivity contribution in [2.45, 2.75) is 20.0 Å². The Bertz CT molecular complexity index is 1340. The van der Waals surface area contributed by atoms with Crippen molar-refractivity contribution < 1.29 is 23.5 Å². The molecule has 1 unspecified atom stereocenters. The number of esters is 1. The zero-order valence-corrected chi connectivity index (χ0v) is 19.8. The highest BCUT2D eigenvalue weighted by atomic mass is 19.1. The molecule has 1 aliphatic rings. The van der Waals surface area contributed by atoms with Crippen molar-refractivity contribution in [1.82, 2.24) is 4.90 Å². The van der Waals surface area contributed by atoms with Crippen LogP contribution in [0.1, 0.15) is 18.1 Å². The van der Waals surface area contributed by atoms with E-state index in [1.807, 2.05) is 6.92 Å². The molecule has 2 N–H and O–H groups in total. The molecule has 1 aliphatic heterocycles. The van der Waals surface area contributed by atoms with E-state index in [1.54, 1.807) is 67.6 Å². The topological polar surface area (TPSA) is 100 Å². The quantitative estimate of drug-likeness (QED) is 0.496. The molecule has 0 bridgehead atoms. The fourth-order valence-electron chi connectivity index (χ4n) is 3.88. The van der Waals surface area contributed by atoms with Gasteiger partial charge in [-0.2, -0.15) is 0 Å². The summed E-state index contributed by atoms with van der Waals surface area (Å²) in [6.07, 6.45) is 0.157. The zero-order valence-electron chi connectivity index (χ0n) is 19.8. The second-order valence-corrected chi connectivity index (χ2v) is 8.16. The lowest BCUT2D eigenvalue weighted by atomic mass is 10.0. The molecular formula is C27H25FN4O4. The number of rotatable bonds is 6. The van der Waals surface area contributed by atoms with Gasteiger partial charge in [-0.05, 0) is 49.2 Å². The summed E-state index contributed by atoms with van der Waals surface area (Å²) in [4.78, 5) is 44.0. The zero-order chi connectivity index (χ0) is 25.7. The van der Waals surface area contributed by atoms with Gasteiger partial charge in [0.15, 0.2) is 0 Å². The summed E-state index contributed by atoms with van der Waals surface area (Å²) >= 11 is 0. The van der Waals surface area contributed by atoms with Crippen molar-refractivity contribution in [3.63, 3.8) is 0 Å². The fraction of sp³-hybridized carbons (Fsp3) is 0.185. The van der Waals surface area contributed by atoms with Crippen molar-refractivity contribution in [1.29, 1.82) is 0 Å². The van der Waals surface area contributed by atoms with Gasteiger partial charge in [-0.25, -0.2) is 9.18 Å². The van der Waals surface area contributed by atoms with Crippen LogP contribution in [0.5, 0.6) is 0 Å². The molecule has 3 aromatic carbocycles. The Labute approximate surface area is 207 Å². The number of anilines is 2. The average Bonchev–Trinajstić information content (AvgIpc) is 3.00. The van der Waals surface area contributed by atoms with Crippen LogP contribution in [-0.4, -0.2) is 48.3 Å². The number of aliphatic imine (C=N–C) groups is 1. The van der Waals surface area contributed by atoms with Gasteiger partial charge in [0.1, 0.15) is 12.4 Å². The largest absolute Gasteiger partial charge is 0.465 e. The molecule has 3 aromatic rings. The fourth-order valence-corrected chi connectivity index (χ4v) is 3.88. The number of fused-ring (bicyclic) bond motifs is 1. The van der Waals surface area contributed by atoms with Crippen LogP contribution in [0.2, 0.25) is 0 Å². The van der Waals surface area contributed by atoms with Crippen molar-refractivity contribution in [2.24, 2.45) is 4.99 Å². The predicted molar refractivity (Wildman–Crippen MR) is 135 cm³/mol. The highest BCUT2D eigenvalue weighted by Gasteiger charge is 2.33. The molecule has 4 rings (SSSR count). The number of hydrogen-bond donors (Lipinski definition) is 2. The Hall–Kier alpha value is -4.53. The maximum Gasteiger partial charge on any atom is 0.325 e. The van der Waals surface area contributed by atoms with E-state index in [-0.39, 0.29) is 6.61 Å². The van der Waals surface area contributed by atoms with Gasteiger partial charge in [0, 0.05) is 28.7 Å². The van der Waals surface area contributed by atoms with E-state index in [1.165, 1.54) is 12.3 Å². The number of benzodiazepines with no additional fused rings is 1. The first kappa shape index (κ1) is 24.6. The minimum absolute atomic E-state index is 0.115. The summed E-state index contributed by atoms with van der Waals surface area (Å²) in [7, 11) is 0. The third-order valence-corrected chi connectivity index (χ3v) is 5.48. The number of nitrogens with one attached hydrogen (secondary N) is 2. The third-order valence-electron chi connectivity index (χ3n) is 5.48. The van der Waals surface area contributed by atoms with Crippen LogP contribution in [0, 0.1) is 12.7 Å². The Balaban J connectivity index is 1.64. The Morgan fingerprint density at radius 3 is 2.64 bits per heavy atom. The molecule has 3 amide bonds. The van der Waals surface area contributed by atoms with E-state index in [4.69, 9.17) is 4.74 Å². The second kappa shape index (κ2) is 10.8. The van der Waals surface area contributed by atoms with Crippen LogP contribution >= 0.6 is 0 Å². The van der Waals surface area contributed by atoms with Crippen molar-refractivity contribution >= 4 is 35.5 Å². The van der Waals surface area contributed by atoms with Gasteiger partial charge < -0.3 is 15.4 Å². The Kier molecular flexibility index (Phi) is 7.39. The van der Waals surface area contributed by atoms with Crippen LogP contribution in [0.25, 0.3) is 11.1 Å². The molecule has 1 atom stereocenters. The molecule has 8 nitrogen and oxygen atoms in total. The first-order valence-electron chi connectivity index (χ1n) is 11.4.